The molecule has 0 bridgehead atoms. The Balaban J connectivity index is 0.000000229. The molecule has 3 atom stereocenters. The first-order chi connectivity index (χ1) is 45.7. The maximum absolute atomic E-state index is 12.3. The van der Waals surface area contributed by atoms with Gasteiger partial charge >= 0.3 is 35.8 Å². The van der Waals surface area contributed by atoms with E-state index in [1.807, 2.05) is 0 Å². The van der Waals surface area contributed by atoms with Crippen LogP contribution < -0.4 is 65.8 Å². The van der Waals surface area contributed by atoms with Gasteiger partial charge in [0.2, 0.25) is 17.8 Å². The van der Waals surface area contributed by atoms with E-state index in [1.165, 1.54) is 55.0 Å². The summed E-state index contributed by atoms with van der Waals surface area (Å²) in [5, 5.41) is 69.6. The number of rotatable bonds is 27. The van der Waals surface area contributed by atoms with Crippen molar-refractivity contribution in [2.24, 2.45) is 0 Å². The topological polar surface area (TPSA) is 640 Å². The van der Waals surface area contributed by atoms with Crippen LogP contribution in [0.15, 0.2) is 106 Å². The van der Waals surface area contributed by atoms with Crippen LogP contribution in [0.25, 0.3) is 33.5 Å². The van der Waals surface area contributed by atoms with Crippen molar-refractivity contribution >= 4 is 122 Å². The molecule has 0 saturated heterocycles. The molecule has 0 radical (unpaired) electrons. The van der Waals surface area contributed by atoms with E-state index in [4.69, 9.17) is 47.8 Å². The Hall–Kier alpha value is -13.1. The molecule has 0 aliphatic heterocycles. The smallest absolute Gasteiger partial charge is 0.326 e. The molecule has 0 spiro atoms. The van der Waals surface area contributed by atoms with Gasteiger partial charge in [0, 0.05) is 70.4 Å². The summed E-state index contributed by atoms with van der Waals surface area (Å²) in [4.78, 5) is 182. The SMILES string of the molecule is Nc1nc2ncc(CNc3ccc(C(=O)N[C@@H](CCC(=O)O)C(=O)O)cc3)nc2c(=O)[nH]1.Nc1nc2ncc(CNc3ccc(C(=O)N[C@@H](CCC(=O)O)C(=O)O)cc3)nc2c(=O)[nH]1.Nc1nc2ncc(CNc3ccc(C(=O)N[C@@H](CCC(=O)O)C(=O)O)cc3)nc2c(=O)[nH]1.[Cr]. The molecule has 9 rings (SSSR count). The largest absolute Gasteiger partial charge is 0.481 e. The first-order valence-electron chi connectivity index (χ1n) is 28.0. The van der Waals surface area contributed by atoms with Crippen LogP contribution in [0.3, 0.4) is 0 Å². The third-order valence-corrected chi connectivity index (χ3v) is 13.1. The third-order valence-electron chi connectivity index (χ3n) is 13.1. The first kappa shape index (κ1) is 72.9. The van der Waals surface area contributed by atoms with Gasteiger partial charge in [-0.05, 0) is 92.1 Å². The number of carboxylic acids is 6. The molecule has 6 heterocycles. The van der Waals surface area contributed by atoms with Gasteiger partial charge in [0.25, 0.3) is 34.4 Å². The van der Waals surface area contributed by atoms with Crippen LogP contribution in [-0.2, 0) is 65.8 Å². The van der Waals surface area contributed by atoms with Gasteiger partial charge in [-0.15, -0.1) is 0 Å². The Bertz CT molecular complexity index is 4140. The van der Waals surface area contributed by atoms with Crippen LogP contribution in [-0.4, -0.2) is 162 Å². The van der Waals surface area contributed by atoms with Crippen LogP contribution in [0.1, 0.15) is 86.7 Å². The Morgan fingerprint density at radius 3 is 0.835 bits per heavy atom. The number of carbonyl (C=O) groups excluding carboxylic acids is 3. The molecule has 0 fully saturated rings. The number of carbonyl (C=O) groups is 9. The fourth-order valence-electron chi connectivity index (χ4n) is 8.26. The van der Waals surface area contributed by atoms with Crippen molar-refractivity contribution in [2.75, 3.05) is 33.2 Å². The number of amides is 3. The van der Waals surface area contributed by atoms with E-state index in [1.54, 1.807) is 36.4 Å². The predicted octanol–water partition coefficient (Wildman–Crippen LogP) is -0.137. The summed E-state index contributed by atoms with van der Waals surface area (Å²) >= 11 is 0. The molecule has 21 N–H and O–H groups in total. The molecular formula is C57H57CrN21O18. The van der Waals surface area contributed by atoms with Crippen LogP contribution in [0.4, 0.5) is 34.9 Å². The summed E-state index contributed by atoms with van der Waals surface area (Å²) < 4.78 is 0. The van der Waals surface area contributed by atoms with Crippen molar-refractivity contribution in [3.05, 3.63) is 156 Å². The summed E-state index contributed by atoms with van der Waals surface area (Å²) in [6.45, 7) is 0.692. The van der Waals surface area contributed by atoms with Gasteiger partial charge in [0.05, 0.1) is 55.3 Å². The predicted molar refractivity (Wildman–Crippen MR) is 336 cm³/mol. The fourth-order valence-corrected chi connectivity index (χ4v) is 8.26. The third kappa shape index (κ3) is 21.8. The summed E-state index contributed by atoms with van der Waals surface area (Å²) in [7, 11) is 0. The summed E-state index contributed by atoms with van der Waals surface area (Å²) in [5.74, 6) is -9.47. The Kier molecular flexibility index (Phi) is 25.6. The maximum atomic E-state index is 12.3. The van der Waals surface area contributed by atoms with Gasteiger partial charge in [-0.3, -0.25) is 58.1 Å². The zero-order valence-electron chi connectivity index (χ0n) is 50.0. The minimum Gasteiger partial charge on any atom is -0.481 e. The molecule has 6 aromatic heterocycles. The number of nitrogens with zero attached hydrogens (tertiary/aromatic N) is 9. The van der Waals surface area contributed by atoms with E-state index >= 15 is 0 Å². The molecule has 0 unspecified atom stereocenters. The Morgan fingerprint density at radius 1 is 0.381 bits per heavy atom. The molecule has 0 aliphatic rings. The van der Waals surface area contributed by atoms with Gasteiger partial charge in [0.1, 0.15) is 18.1 Å². The molecule has 9 aromatic rings. The number of H-pyrrole nitrogens is 3. The molecule has 0 aliphatic carbocycles. The quantitative estimate of drug-likeness (QED) is 0.0319. The van der Waals surface area contributed by atoms with E-state index in [-0.39, 0.29) is 144 Å². The number of nitrogens with two attached hydrogens (primary N) is 3. The van der Waals surface area contributed by atoms with Crippen LogP contribution >= 0.6 is 0 Å². The van der Waals surface area contributed by atoms with Gasteiger partial charge in [-0.25, -0.2) is 44.3 Å². The molecule has 3 amide bonds. The molecule has 3 aromatic carbocycles. The average Bonchev–Trinajstić information content (AvgIpc) is 0.854. The number of hydrogen-bond acceptors (Lipinski definition) is 27. The molecular weight excluding hydrogens is 1320 g/mol. The molecule has 504 valence electrons. The minimum absolute atomic E-state index is 0. The maximum Gasteiger partial charge on any atom is 0.326 e. The normalized spacial score (nSPS) is 11.5. The number of nitrogens with one attached hydrogen (secondary N) is 9. The van der Waals surface area contributed by atoms with E-state index in [0.717, 1.165) is 0 Å². The van der Waals surface area contributed by atoms with E-state index < -0.39 is 88.3 Å². The van der Waals surface area contributed by atoms with Crippen molar-refractivity contribution in [3.63, 3.8) is 0 Å². The van der Waals surface area contributed by atoms with E-state index in [9.17, 15) is 57.5 Å². The van der Waals surface area contributed by atoms with Crippen LogP contribution in [0, 0.1) is 0 Å². The number of fused-ring (bicyclic) bond motifs is 3. The van der Waals surface area contributed by atoms with Crippen molar-refractivity contribution in [1.82, 2.24) is 75.8 Å². The average molecular weight is 1380 g/mol. The number of carboxylic acid groups (broad SMARTS) is 6. The standard InChI is InChI=1S/3C19H19N7O6.Cr/c3*20-19-25-15-14(17(30)26-19)23-11(8-22-15)7-21-10-3-1-9(2-4-10)16(29)24-12(18(31)32)5-6-13(27)28;/h3*1-4,8,12,21H,5-7H2,(H,24,29)(H,27,28)(H,31,32)(H3,20,22,25,26,30);/t3*12-;/m000./s1. The van der Waals surface area contributed by atoms with Gasteiger partial charge in [-0.2, -0.15) is 15.0 Å². The van der Waals surface area contributed by atoms with Gasteiger partial charge in [-0.1, -0.05) is 0 Å². The number of aliphatic carboxylic acids is 6. The molecule has 97 heavy (non-hydrogen) atoms. The Labute approximate surface area is 552 Å². The van der Waals surface area contributed by atoms with Crippen molar-refractivity contribution in [3.8, 4) is 0 Å². The van der Waals surface area contributed by atoms with Crippen LogP contribution in [0.5, 0.6) is 0 Å². The van der Waals surface area contributed by atoms with Gasteiger partial charge < -0.3 is 79.7 Å². The fraction of sp³-hybridized carbons (Fsp3) is 0.211. The second-order valence-electron chi connectivity index (χ2n) is 20.1. The zero-order valence-corrected chi connectivity index (χ0v) is 51.3. The van der Waals surface area contributed by atoms with Crippen LogP contribution in [0.2, 0.25) is 0 Å². The molecule has 0 saturated carbocycles. The Morgan fingerprint density at radius 2 is 0.619 bits per heavy atom. The number of nitrogen functional groups attached to an aromatic ring is 3. The minimum atomic E-state index is -1.31. The number of aromatic amines is 3. The van der Waals surface area contributed by atoms with E-state index in [0.29, 0.717) is 34.1 Å². The first-order valence-corrected chi connectivity index (χ1v) is 28.0. The number of hydrogen-bond donors (Lipinski definition) is 18. The van der Waals surface area contributed by atoms with E-state index in [2.05, 4.69) is 91.7 Å². The molecule has 39 nitrogen and oxygen atoms in total. The summed E-state index contributed by atoms with van der Waals surface area (Å²) in [6, 6.07) is 14.6. The number of benzene rings is 3. The van der Waals surface area contributed by atoms with Crippen molar-refractivity contribution < 1.29 is 91.2 Å². The second-order valence-corrected chi connectivity index (χ2v) is 20.1. The monoisotopic (exact) mass is 1380 g/mol. The van der Waals surface area contributed by atoms with Crippen molar-refractivity contribution in [1.29, 1.82) is 0 Å². The second kappa shape index (κ2) is 34.0. The number of aromatic nitrogens is 12. The zero-order chi connectivity index (χ0) is 69.8. The molecule has 40 heteroatoms. The summed E-state index contributed by atoms with van der Waals surface area (Å²) in [5.41, 5.74) is 19.4. The number of anilines is 6. The van der Waals surface area contributed by atoms with Crippen molar-refractivity contribution in [2.45, 2.75) is 76.3 Å². The van der Waals surface area contributed by atoms with Gasteiger partial charge in [0.15, 0.2) is 33.5 Å². The summed E-state index contributed by atoms with van der Waals surface area (Å²) in [6.07, 6.45) is 2.52.